The molecule has 0 saturated heterocycles. The third-order valence-electron chi connectivity index (χ3n) is 2.60. The van der Waals surface area contributed by atoms with E-state index >= 15 is 0 Å². The number of thioether (sulfide) groups is 1. The van der Waals surface area contributed by atoms with Crippen LogP contribution in [0.25, 0.3) is 0 Å². The monoisotopic (exact) mass is 268 g/mol. The van der Waals surface area contributed by atoms with Crippen molar-refractivity contribution in [1.29, 1.82) is 0 Å². The molecule has 1 rings (SSSR count). The van der Waals surface area contributed by atoms with Crippen LogP contribution < -0.4 is 10.5 Å². The second-order valence-corrected chi connectivity index (χ2v) is 4.88. The van der Waals surface area contributed by atoms with Crippen molar-refractivity contribution in [3.8, 4) is 5.75 Å². The van der Waals surface area contributed by atoms with Gasteiger partial charge in [-0.25, -0.2) is 0 Å². The van der Waals surface area contributed by atoms with Crippen LogP contribution in [0.2, 0.25) is 0 Å². The van der Waals surface area contributed by atoms with Crippen molar-refractivity contribution in [2.75, 3.05) is 6.26 Å². The van der Waals surface area contributed by atoms with Gasteiger partial charge in [-0.3, -0.25) is 0 Å². The standard InChI is InChI=1S/C13H20N2O2S/c1-4-6-9(2)17-10-7-5-8-11(18-3)12(10)13(14)15-16/h5,7-9,16H,4,6H2,1-3H3,(H2,14,15). The van der Waals surface area contributed by atoms with E-state index in [1.165, 1.54) is 0 Å². The molecule has 0 heterocycles. The first-order valence-electron chi connectivity index (χ1n) is 5.95. The molecule has 1 aromatic rings. The van der Waals surface area contributed by atoms with Gasteiger partial charge in [0.1, 0.15) is 5.75 Å². The Labute approximate surface area is 112 Å². The Morgan fingerprint density at radius 1 is 1.56 bits per heavy atom. The molecule has 1 unspecified atom stereocenters. The second kappa shape index (κ2) is 7.16. The lowest BCUT2D eigenvalue weighted by Crippen LogP contribution is -2.19. The number of amidine groups is 1. The van der Waals surface area contributed by atoms with Gasteiger partial charge in [-0.1, -0.05) is 24.6 Å². The number of hydrogen-bond acceptors (Lipinski definition) is 4. The van der Waals surface area contributed by atoms with E-state index in [4.69, 9.17) is 15.7 Å². The van der Waals surface area contributed by atoms with Crippen LogP contribution in [0.1, 0.15) is 32.3 Å². The lowest BCUT2D eigenvalue weighted by Gasteiger charge is -2.18. The van der Waals surface area contributed by atoms with Gasteiger partial charge in [-0.05, 0) is 31.7 Å². The maximum absolute atomic E-state index is 8.87. The normalized spacial score (nSPS) is 13.4. The summed E-state index contributed by atoms with van der Waals surface area (Å²) in [5.41, 5.74) is 6.39. The minimum Gasteiger partial charge on any atom is -0.490 e. The highest BCUT2D eigenvalue weighted by Gasteiger charge is 2.15. The number of ether oxygens (including phenoxy) is 1. The molecule has 1 aromatic carbocycles. The fraction of sp³-hybridized carbons (Fsp3) is 0.462. The molecule has 3 N–H and O–H groups in total. The number of nitrogens with zero attached hydrogens (tertiary/aromatic N) is 1. The first-order valence-corrected chi connectivity index (χ1v) is 7.18. The summed E-state index contributed by atoms with van der Waals surface area (Å²) in [6.45, 7) is 4.13. The quantitative estimate of drug-likeness (QED) is 0.273. The van der Waals surface area contributed by atoms with Crippen molar-refractivity contribution in [2.24, 2.45) is 10.9 Å². The van der Waals surface area contributed by atoms with Gasteiger partial charge in [0.25, 0.3) is 0 Å². The minimum absolute atomic E-state index is 0.0821. The smallest absolute Gasteiger partial charge is 0.174 e. The summed E-state index contributed by atoms with van der Waals surface area (Å²) < 4.78 is 5.87. The summed E-state index contributed by atoms with van der Waals surface area (Å²) in [7, 11) is 0. The van der Waals surface area contributed by atoms with Gasteiger partial charge in [-0.15, -0.1) is 11.8 Å². The molecule has 18 heavy (non-hydrogen) atoms. The average molecular weight is 268 g/mol. The van der Waals surface area contributed by atoms with Crippen LogP contribution in [0.4, 0.5) is 0 Å². The molecule has 100 valence electrons. The predicted octanol–water partition coefficient (Wildman–Crippen LogP) is 3.07. The lowest BCUT2D eigenvalue weighted by molar-refractivity contribution is 0.209. The number of benzene rings is 1. The van der Waals surface area contributed by atoms with E-state index in [1.807, 2.05) is 31.4 Å². The van der Waals surface area contributed by atoms with E-state index in [2.05, 4.69) is 12.1 Å². The summed E-state index contributed by atoms with van der Waals surface area (Å²) in [6.07, 6.45) is 4.08. The van der Waals surface area contributed by atoms with Gasteiger partial charge < -0.3 is 15.7 Å². The molecule has 5 heteroatoms. The molecule has 1 atom stereocenters. The van der Waals surface area contributed by atoms with Crippen LogP contribution in [0.5, 0.6) is 5.75 Å². The fourth-order valence-corrected chi connectivity index (χ4v) is 2.39. The SMILES string of the molecule is CCCC(C)Oc1cccc(SC)c1/C(N)=N/O. The minimum atomic E-state index is 0.0821. The zero-order valence-corrected chi connectivity index (χ0v) is 11.8. The molecule has 0 aromatic heterocycles. The van der Waals surface area contributed by atoms with Crippen molar-refractivity contribution in [3.05, 3.63) is 23.8 Å². The Hall–Kier alpha value is -1.36. The molecule has 0 radical (unpaired) electrons. The molecule has 4 nitrogen and oxygen atoms in total. The lowest BCUT2D eigenvalue weighted by atomic mass is 10.1. The largest absolute Gasteiger partial charge is 0.490 e. The third kappa shape index (κ3) is 3.57. The Balaban J connectivity index is 3.10. The van der Waals surface area contributed by atoms with E-state index in [0.29, 0.717) is 11.3 Å². The number of rotatable bonds is 6. The first kappa shape index (κ1) is 14.7. The van der Waals surface area contributed by atoms with E-state index < -0.39 is 0 Å². The van der Waals surface area contributed by atoms with Crippen molar-refractivity contribution < 1.29 is 9.94 Å². The van der Waals surface area contributed by atoms with E-state index in [9.17, 15) is 0 Å². The zero-order chi connectivity index (χ0) is 13.5. The van der Waals surface area contributed by atoms with Crippen molar-refractivity contribution in [3.63, 3.8) is 0 Å². The van der Waals surface area contributed by atoms with Crippen molar-refractivity contribution in [1.82, 2.24) is 0 Å². The third-order valence-corrected chi connectivity index (χ3v) is 3.38. The van der Waals surface area contributed by atoms with Crippen LogP contribution >= 0.6 is 11.8 Å². The maximum Gasteiger partial charge on any atom is 0.174 e. The molecule has 0 saturated carbocycles. The summed E-state index contributed by atoms with van der Waals surface area (Å²) >= 11 is 1.54. The topological polar surface area (TPSA) is 67.8 Å². The fourth-order valence-electron chi connectivity index (χ4n) is 1.76. The molecular weight excluding hydrogens is 248 g/mol. The highest BCUT2D eigenvalue weighted by Crippen LogP contribution is 2.29. The molecular formula is C13H20N2O2S. The van der Waals surface area contributed by atoms with Gasteiger partial charge in [0.05, 0.1) is 11.7 Å². The Bertz CT molecular complexity index is 421. The summed E-state index contributed by atoms with van der Waals surface area (Å²) in [5.74, 6) is 0.747. The summed E-state index contributed by atoms with van der Waals surface area (Å²) in [4.78, 5) is 0.937. The molecule has 0 fully saturated rings. The first-order chi connectivity index (χ1) is 8.63. The predicted molar refractivity (Wildman–Crippen MR) is 75.7 cm³/mol. The Morgan fingerprint density at radius 3 is 2.83 bits per heavy atom. The van der Waals surface area contributed by atoms with E-state index in [1.54, 1.807) is 11.8 Å². The Kier molecular flexibility index (Phi) is 5.85. The van der Waals surface area contributed by atoms with Crippen LogP contribution in [0.15, 0.2) is 28.3 Å². The highest BCUT2D eigenvalue weighted by atomic mass is 32.2. The average Bonchev–Trinajstić information content (AvgIpc) is 2.37. The van der Waals surface area contributed by atoms with E-state index in [-0.39, 0.29) is 11.9 Å². The van der Waals surface area contributed by atoms with Crippen molar-refractivity contribution >= 4 is 17.6 Å². The molecule has 0 aliphatic carbocycles. The number of nitrogens with two attached hydrogens (primary N) is 1. The molecule has 0 aliphatic heterocycles. The van der Waals surface area contributed by atoms with Gasteiger partial charge in [0, 0.05) is 4.90 Å². The summed E-state index contributed by atoms with van der Waals surface area (Å²) in [6, 6.07) is 5.68. The maximum atomic E-state index is 8.87. The Morgan fingerprint density at radius 2 is 2.28 bits per heavy atom. The van der Waals surface area contributed by atoms with Crippen LogP contribution in [-0.4, -0.2) is 23.4 Å². The van der Waals surface area contributed by atoms with Crippen LogP contribution in [0.3, 0.4) is 0 Å². The van der Waals surface area contributed by atoms with Crippen molar-refractivity contribution in [2.45, 2.75) is 37.7 Å². The molecule has 0 spiro atoms. The van der Waals surface area contributed by atoms with E-state index in [0.717, 1.165) is 17.7 Å². The van der Waals surface area contributed by atoms with Crippen LogP contribution in [-0.2, 0) is 0 Å². The van der Waals surface area contributed by atoms with Gasteiger partial charge >= 0.3 is 0 Å². The van der Waals surface area contributed by atoms with Gasteiger partial charge in [0.15, 0.2) is 5.84 Å². The zero-order valence-electron chi connectivity index (χ0n) is 11.0. The highest BCUT2D eigenvalue weighted by molar-refractivity contribution is 7.98. The number of oxime groups is 1. The molecule has 0 amide bonds. The second-order valence-electron chi connectivity index (χ2n) is 4.04. The molecule has 0 bridgehead atoms. The van der Waals surface area contributed by atoms with Gasteiger partial charge in [0.2, 0.25) is 0 Å². The number of hydrogen-bond donors (Lipinski definition) is 2. The molecule has 0 aliphatic rings. The summed E-state index contributed by atoms with van der Waals surface area (Å²) in [5, 5.41) is 12.0. The van der Waals surface area contributed by atoms with Crippen LogP contribution in [0, 0.1) is 0 Å². The van der Waals surface area contributed by atoms with Gasteiger partial charge in [-0.2, -0.15) is 0 Å².